The van der Waals surface area contributed by atoms with E-state index in [4.69, 9.17) is 26.8 Å². The Hall–Kier alpha value is -3.51. The molecule has 28 heavy (non-hydrogen) atoms. The zero-order valence-corrected chi connectivity index (χ0v) is 15.5. The van der Waals surface area contributed by atoms with E-state index in [0.717, 1.165) is 0 Å². The highest BCUT2D eigenvalue weighted by Gasteiger charge is 2.12. The third kappa shape index (κ3) is 5.25. The molecule has 0 saturated heterocycles. The van der Waals surface area contributed by atoms with Crippen molar-refractivity contribution < 1.29 is 19.1 Å². The summed E-state index contributed by atoms with van der Waals surface area (Å²) in [5, 5.41) is 2.98. The smallest absolute Gasteiger partial charge is 0.338 e. The highest BCUT2D eigenvalue weighted by molar-refractivity contribution is 6.33. The molecule has 0 fully saturated rings. The van der Waals surface area contributed by atoms with Gasteiger partial charge in [-0.3, -0.25) is 4.79 Å². The van der Waals surface area contributed by atoms with Crippen LogP contribution in [0.3, 0.4) is 0 Å². The van der Waals surface area contributed by atoms with Crippen LogP contribution in [-0.2, 0) is 9.53 Å². The van der Waals surface area contributed by atoms with Gasteiger partial charge < -0.3 is 20.5 Å². The average Bonchev–Trinajstić information content (AvgIpc) is 2.70. The number of esters is 1. The van der Waals surface area contributed by atoms with E-state index in [-0.39, 0.29) is 11.3 Å². The van der Waals surface area contributed by atoms with E-state index in [1.807, 2.05) is 30.3 Å². The number of hydrogen-bond acceptors (Lipinski definition) is 5. The minimum Gasteiger partial charge on any atom is -0.457 e. The Morgan fingerprint density at radius 1 is 0.929 bits per heavy atom. The quantitative estimate of drug-likeness (QED) is 0.472. The summed E-state index contributed by atoms with van der Waals surface area (Å²) < 4.78 is 10.7. The normalized spacial score (nSPS) is 10.2. The van der Waals surface area contributed by atoms with Gasteiger partial charge in [-0.25, -0.2) is 4.79 Å². The number of halogens is 1. The fraction of sp³-hybridized carbons (Fsp3) is 0.0476. The summed E-state index contributed by atoms with van der Waals surface area (Å²) >= 11 is 5.81. The van der Waals surface area contributed by atoms with Crippen LogP contribution in [0.25, 0.3) is 0 Å². The monoisotopic (exact) mass is 396 g/mol. The number of carbonyl (C=O) groups excluding carboxylic acids is 2. The molecule has 0 aliphatic rings. The van der Waals surface area contributed by atoms with Crippen LogP contribution >= 0.6 is 11.6 Å². The summed E-state index contributed by atoms with van der Waals surface area (Å²) in [6, 6.07) is 20.6. The molecule has 0 aliphatic carbocycles. The molecule has 3 aromatic carbocycles. The molecular weight excluding hydrogens is 380 g/mol. The van der Waals surface area contributed by atoms with E-state index >= 15 is 0 Å². The topological polar surface area (TPSA) is 90.7 Å². The van der Waals surface area contributed by atoms with Crippen LogP contribution in [0.4, 0.5) is 11.4 Å². The van der Waals surface area contributed by atoms with E-state index in [0.29, 0.717) is 22.2 Å². The zero-order chi connectivity index (χ0) is 19.9. The van der Waals surface area contributed by atoms with Gasteiger partial charge in [-0.05, 0) is 54.6 Å². The standard InChI is InChI=1S/C21H17ClN2O4/c22-18-11-6-14(12-19(18)23)21(26)27-13-20(25)24-15-7-9-17(10-8-15)28-16-4-2-1-3-5-16/h1-12H,13,23H2,(H,24,25). The third-order valence-electron chi connectivity index (χ3n) is 3.68. The number of nitrogens with one attached hydrogen (secondary N) is 1. The fourth-order valence-electron chi connectivity index (χ4n) is 2.31. The Morgan fingerprint density at radius 2 is 1.61 bits per heavy atom. The van der Waals surface area contributed by atoms with Crippen LogP contribution in [0.5, 0.6) is 11.5 Å². The maximum Gasteiger partial charge on any atom is 0.338 e. The van der Waals surface area contributed by atoms with Crippen molar-refractivity contribution in [3.05, 3.63) is 83.4 Å². The molecular formula is C21H17ClN2O4. The lowest BCUT2D eigenvalue weighted by atomic mass is 10.2. The van der Waals surface area contributed by atoms with Crippen LogP contribution < -0.4 is 15.8 Å². The van der Waals surface area contributed by atoms with Gasteiger partial charge in [-0.1, -0.05) is 29.8 Å². The highest BCUT2D eigenvalue weighted by Crippen LogP contribution is 2.23. The summed E-state index contributed by atoms with van der Waals surface area (Å²) in [5.74, 6) is 0.224. The number of anilines is 2. The minimum absolute atomic E-state index is 0.220. The first kappa shape index (κ1) is 19.3. The van der Waals surface area contributed by atoms with Crippen LogP contribution in [0, 0.1) is 0 Å². The summed E-state index contributed by atoms with van der Waals surface area (Å²) in [4.78, 5) is 23.9. The van der Waals surface area contributed by atoms with Crippen LogP contribution in [-0.4, -0.2) is 18.5 Å². The lowest BCUT2D eigenvalue weighted by molar-refractivity contribution is -0.119. The molecule has 0 bridgehead atoms. The lowest BCUT2D eigenvalue weighted by Crippen LogP contribution is -2.20. The van der Waals surface area contributed by atoms with E-state index in [1.54, 1.807) is 24.3 Å². The van der Waals surface area contributed by atoms with Gasteiger partial charge in [0.05, 0.1) is 16.3 Å². The van der Waals surface area contributed by atoms with E-state index in [1.165, 1.54) is 18.2 Å². The minimum atomic E-state index is -0.662. The molecule has 0 atom stereocenters. The molecule has 0 aromatic heterocycles. The van der Waals surface area contributed by atoms with Crippen LogP contribution in [0.2, 0.25) is 5.02 Å². The molecule has 7 heteroatoms. The summed E-state index contributed by atoms with van der Waals surface area (Å²) in [6.07, 6.45) is 0. The van der Waals surface area contributed by atoms with Crippen LogP contribution in [0.1, 0.15) is 10.4 Å². The number of amides is 1. The number of carbonyl (C=O) groups is 2. The molecule has 3 N–H and O–H groups in total. The Labute approximate surface area is 166 Å². The molecule has 0 unspecified atom stereocenters. The predicted octanol–water partition coefficient (Wildman–Crippen LogP) is 4.51. The van der Waals surface area contributed by atoms with Gasteiger partial charge in [0.15, 0.2) is 6.61 Å². The van der Waals surface area contributed by atoms with Gasteiger partial charge in [-0.2, -0.15) is 0 Å². The zero-order valence-electron chi connectivity index (χ0n) is 14.7. The Kier molecular flexibility index (Phi) is 6.14. The molecule has 3 rings (SSSR count). The number of para-hydroxylation sites is 1. The molecule has 0 aliphatic heterocycles. The van der Waals surface area contributed by atoms with Gasteiger partial charge >= 0.3 is 5.97 Å². The van der Waals surface area contributed by atoms with Crippen molar-refractivity contribution in [3.8, 4) is 11.5 Å². The largest absolute Gasteiger partial charge is 0.457 e. The number of ether oxygens (including phenoxy) is 2. The maximum atomic E-state index is 12.0. The molecule has 3 aromatic rings. The van der Waals surface area contributed by atoms with Crippen molar-refractivity contribution in [3.63, 3.8) is 0 Å². The molecule has 1 amide bonds. The van der Waals surface area contributed by atoms with Gasteiger partial charge in [0.1, 0.15) is 11.5 Å². The maximum absolute atomic E-state index is 12.0. The number of nitrogens with two attached hydrogens (primary N) is 1. The second-order valence-corrected chi connectivity index (χ2v) is 6.21. The molecule has 0 spiro atoms. The lowest BCUT2D eigenvalue weighted by Gasteiger charge is -2.09. The van der Waals surface area contributed by atoms with Gasteiger partial charge in [-0.15, -0.1) is 0 Å². The number of hydrogen-bond donors (Lipinski definition) is 2. The second kappa shape index (κ2) is 8.92. The number of rotatable bonds is 6. The van der Waals surface area contributed by atoms with Crippen molar-refractivity contribution in [2.75, 3.05) is 17.7 Å². The highest BCUT2D eigenvalue weighted by atomic mass is 35.5. The van der Waals surface area contributed by atoms with E-state index in [2.05, 4.69) is 5.32 Å². The average molecular weight is 397 g/mol. The van der Waals surface area contributed by atoms with E-state index < -0.39 is 18.5 Å². The number of nitrogen functional groups attached to an aromatic ring is 1. The van der Waals surface area contributed by atoms with Crippen molar-refractivity contribution in [1.29, 1.82) is 0 Å². The van der Waals surface area contributed by atoms with Gasteiger partial charge in [0.25, 0.3) is 5.91 Å². The molecule has 0 heterocycles. The molecule has 142 valence electrons. The molecule has 6 nitrogen and oxygen atoms in total. The number of benzene rings is 3. The first-order valence-electron chi connectivity index (χ1n) is 8.36. The Bertz CT molecular complexity index is 975. The predicted molar refractivity (Wildman–Crippen MR) is 108 cm³/mol. The fourth-order valence-corrected chi connectivity index (χ4v) is 2.43. The SMILES string of the molecule is Nc1cc(C(=O)OCC(=O)Nc2ccc(Oc3ccccc3)cc2)ccc1Cl. The first-order valence-corrected chi connectivity index (χ1v) is 8.74. The molecule has 0 radical (unpaired) electrons. The van der Waals surface area contributed by atoms with Gasteiger partial charge in [0.2, 0.25) is 0 Å². The second-order valence-electron chi connectivity index (χ2n) is 5.80. The summed E-state index contributed by atoms with van der Waals surface area (Å²) in [7, 11) is 0. The van der Waals surface area contributed by atoms with Crippen molar-refractivity contribution in [2.45, 2.75) is 0 Å². The summed E-state index contributed by atoms with van der Waals surface area (Å²) in [6.45, 7) is -0.427. The van der Waals surface area contributed by atoms with Crippen molar-refractivity contribution in [2.24, 2.45) is 0 Å². The van der Waals surface area contributed by atoms with Crippen molar-refractivity contribution in [1.82, 2.24) is 0 Å². The van der Waals surface area contributed by atoms with Gasteiger partial charge in [0, 0.05) is 5.69 Å². The van der Waals surface area contributed by atoms with Crippen molar-refractivity contribution >= 4 is 34.9 Å². The van der Waals surface area contributed by atoms with Crippen LogP contribution in [0.15, 0.2) is 72.8 Å². The summed E-state index contributed by atoms with van der Waals surface area (Å²) in [5.41, 5.74) is 6.68. The Balaban J connectivity index is 1.50. The molecule has 0 saturated carbocycles. The Morgan fingerprint density at radius 3 is 2.29 bits per heavy atom. The third-order valence-corrected chi connectivity index (χ3v) is 4.03. The van der Waals surface area contributed by atoms with E-state index in [9.17, 15) is 9.59 Å². The first-order chi connectivity index (χ1) is 13.5.